The Bertz CT molecular complexity index is 695. The summed E-state index contributed by atoms with van der Waals surface area (Å²) in [6.07, 6.45) is -2.87. The maximum Gasteiger partial charge on any atom is 0.433 e. The first-order chi connectivity index (χ1) is 11.3. The minimum atomic E-state index is -4.53. The molecule has 0 spiro atoms. The summed E-state index contributed by atoms with van der Waals surface area (Å²) in [7, 11) is 0. The van der Waals surface area contributed by atoms with Gasteiger partial charge >= 0.3 is 6.18 Å². The first-order valence-corrected chi connectivity index (χ1v) is 8.25. The highest BCUT2D eigenvalue weighted by molar-refractivity contribution is 7.99. The number of aromatic nitrogens is 2. The van der Waals surface area contributed by atoms with Gasteiger partial charge in [0.05, 0.1) is 5.75 Å². The number of nitrogens with one attached hydrogen (secondary N) is 1. The number of alkyl halides is 3. The number of benzene rings is 1. The lowest BCUT2D eigenvalue weighted by atomic mass is 10.1. The zero-order valence-electron chi connectivity index (χ0n) is 12.3. The first-order valence-electron chi connectivity index (χ1n) is 6.89. The van der Waals surface area contributed by atoms with Crippen LogP contribution in [0.3, 0.4) is 0 Å². The van der Waals surface area contributed by atoms with E-state index in [0.717, 1.165) is 29.6 Å². The van der Waals surface area contributed by atoms with Crippen LogP contribution >= 0.6 is 23.4 Å². The summed E-state index contributed by atoms with van der Waals surface area (Å²) >= 11 is 6.64. The third-order valence-electron chi connectivity index (χ3n) is 2.91. The van der Waals surface area contributed by atoms with Gasteiger partial charge in [-0.25, -0.2) is 9.97 Å². The second-order valence-corrected chi connectivity index (χ2v) is 6.12. The maximum absolute atomic E-state index is 12.5. The molecule has 9 heteroatoms. The van der Waals surface area contributed by atoms with Crippen molar-refractivity contribution in [3.05, 3.63) is 52.8 Å². The van der Waals surface area contributed by atoms with Gasteiger partial charge in [-0.15, -0.1) is 0 Å². The summed E-state index contributed by atoms with van der Waals surface area (Å²) in [4.78, 5) is 18.8. The average molecular weight is 376 g/mol. The van der Waals surface area contributed by atoms with Crippen LogP contribution in [-0.2, 0) is 17.4 Å². The summed E-state index contributed by atoms with van der Waals surface area (Å²) in [5.74, 6) is -0.350. The Hall–Kier alpha value is -1.80. The lowest BCUT2D eigenvalue weighted by Gasteiger charge is -2.07. The van der Waals surface area contributed by atoms with E-state index in [4.69, 9.17) is 11.6 Å². The third kappa shape index (κ3) is 6.01. The Labute approximate surface area is 145 Å². The monoisotopic (exact) mass is 375 g/mol. The summed E-state index contributed by atoms with van der Waals surface area (Å²) in [6, 6.07) is 8.04. The molecule has 0 aliphatic rings. The van der Waals surface area contributed by atoms with E-state index in [9.17, 15) is 18.0 Å². The fraction of sp³-hybridized carbons (Fsp3) is 0.267. The molecule has 0 unspecified atom stereocenters. The minimum Gasteiger partial charge on any atom is -0.355 e. The van der Waals surface area contributed by atoms with Crippen molar-refractivity contribution in [2.24, 2.45) is 0 Å². The molecule has 1 heterocycles. The fourth-order valence-corrected chi connectivity index (χ4v) is 2.53. The molecule has 24 heavy (non-hydrogen) atoms. The number of hydrogen-bond donors (Lipinski definition) is 1. The van der Waals surface area contributed by atoms with E-state index in [-0.39, 0.29) is 16.8 Å². The van der Waals surface area contributed by atoms with Gasteiger partial charge in [-0.3, -0.25) is 4.79 Å². The van der Waals surface area contributed by atoms with E-state index in [1.165, 1.54) is 0 Å². The molecule has 0 aliphatic heterocycles. The molecule has 1 N–H and O–H groups in total. The lowest BCUT2D eigenvalue weighted by Crippen LogP contribution is -2.27. The van der Waals surface area contributed by atoms with Crippen LogP contribution in [0.2, 0.25) is 5.02 Å². The molecule has 2 aromatic rings. The zero-order valence-corrected chi connectivity index (χ0v) is 13.9. The van der Waals surface area contributed by atoms with Crippen molar-refractivity contribution in [2.45, 2.75) is 17.8 Å². The SMILES string of the molecule is O=C(CSc1nccc(C(F)(F)F)n1)NCCc1ccc(Cl)cc1. The van der Waals surface area contributed by atoms with E-state index in [2.05, 4.69) is 15.3 Å². The van der Waals surface area contributed by atoms with Gasteiger partial charge in [0.15, 0.2) is 5.16 Å². The summed E-state index contributed by atoms with van der Waals surface area (Å²) in [6.45, 7) is 0.421. The standard InChI is InChI=1S/C15H13ClF3N3OS/c16-11-3-1-10(2-4-11)5-7-20-13(23)9-24-14-21-8-6-12(22-14)15(17,18)19/h1-4,6,8H,5,7,9H2,(H,20,23). The van der Waals surface area contributed by atoms with E-state index >= 15 is 0 Å². The number of amides is 1. The van der Waals surface area contributed by atoms with Gasteiger partial charge in [-0.1, -0.05) is 35.5 Å². The Morgan fingerprint density at radius 1 is 1.21 bits per heavy atom. The second kappa shape index (κ2) is 8.34. The van der Waals surface area contributed by atoms with Gasteiger partial charge < -0.3 is 5.32 Å². The van der Waals surface area contributed by atoms with Gasteiger partial charge in [0, 0.05) is 17.8 Å². The van der Waals surface area contributed by atoms with Crippen molar-refractivity contribution < 1.29 is 18.0 Å². The number of rotatable bonds is 6. The molecule has 0 saturated carbocycles. The lowest BCUT2D eigenvalue weighted by molar-refractivity contribution is -0.141. The molecule has 0 atom stereocenters. The van der Waals surface area contributed by atoms with Crippen LogP contribution in [0, 0.1) is 0 Å². The summed E-state index contributed by atoms with van der Waals surface area (Å²) in [5.41, 5.74) is -0.00305. The van der Waals surface area contributed by atoms with Gasteiger partial charge in [0.2, 0.25) is 5.91 Å². The van der Waals surface area contributed by atoms with Gasteiger partial charge in [0.1, 0.15) is 5.69 Å². The van der Waals surface area contributed by atoms with Crippen molar-refractivity contribution in [1.82, 2.24) is 15.3 Å². The van der Waals surface area contributed by atoms with Crippen LogP contribution in [0.4, 0.5) is 13.2 Å². The summed E-state index contributed by atoms with van der Waals surface area (Å²) in [5, 5.41) is 3.24. The topological polar surface area (TPSA) is 54.9 Å². The normalized spacial score (nSPS) is 11.3. The van der Waals surface area contributed by atoms with Crippen LogP contribution in [0.5, 0.6) is 0 Å². The van der Waals surface area contributed by atoms with Crippen LogP contribution in [0.1, 0.15) is 11.3 Å². The van der Waals surface area contributed by atoms with E-state index < -0.39 is 11.9 Å². The molecular formula is C15H13ClF3N3OS. The Kier molecular flexibility index (Phi) is 6.44. The molecule has 4 nitrogen and oxygen atoms in total. The average Bonchev–Trinajstić information content (AvgIpc) is 2.54. The van der Waals surface area contributed by atoms with E-state index in [1.54, 1.807) is 12.1 Å². The molecule has 0 fully saturated rings. The molecule has 1 aromatic heterocycles. The van der Waals surface area contributed by atoms with Crippen LogP contribution < -0.4 is 5.32 Å². The number of nitrogens with zero attached hydrogens (tertiary/aromatic N) is 2. The highest BCUT2D eigenvalue weighted by Gasteiger charge is 2.32. The largest absolute Gasteiger partial charge is 0.433 e. The number of carbonyl (C=O) groups is 1. The highest BCUT2D eigenvalue weighted by atomic mass is 35.5. The molecule has 1 aromatic carbocycles. The maximum atomic E-state index is 12.5. The van der Waals surface area contributed by atoms with Crippen molar-refractivity contribution in [3.63, 3.8) is 0 Å². The smallest absolute Gasteiger partial charge is 0.355 e. The van der Waals surface area contributed by atoms with Crippen LogP contribution in [-0.4, -0.2) is 28.2 Å². The predicted molar refractivity (Wildman–Crippen MR) is 85.9 cm³/mol. The second-order valence-electron chi connectivity index (χ2n) is 4.74. The van der Waals surface area contributed by atoms with Gasteiger partial charge in [-0.2, -0.15) is 13.2 Å². The predicted octanol–water partition coefficient (Wildman–Crippen LogP) is 3.60. The zero-order chi connectivity index (χ0) is 17.6. The van der Waals surface area contributed by atoms with E-state index in [1.807, 2.05) is 12.1 Å². The number of halogens is 4. The Morgan fingerprint density at radius 2 is 1.92 bits per heavy atom. The molecule has 0 bridgehead atoms. The molecular weight excluding hydrogens is 363 g/mol. The van der Waals surface area contributed by atoms with Crippen molar-refractivity contribution in [2.75, 3.05) is 12.3 Å². The Balaban J connectivity index is 1.76. The molecule has 0 aliphatic carbocycles. The van der Waals surface area contributed by atoms with Gasteiger partial charge in [-0.05, 0) is 30.2 Å². The van der Waals surface area contributed by atoms with E-state index in [0.29, 0.717) is 18.0 Å². The number of thioether (sulfide) groups is 1. The third-order valence-corrected chi connectivity index (χ3v) is 4.02. The van der Waals surface area contributed by atoms with Crippen molar-refractivity contribution in [3.8, 4) is 0 Å². The number of hydrogen-bond acceptors (Lipinski definition) is 4. The molecule has 0 saturated heterocycles. The van der Waals surface area contributed by atoms with Crippen molar-refractivity contribution >= 4 is 29.3 Å². The number of carbonyl (C=O) groups excluding carboxylic acids is 1. The minimum absolute atomic E-state index is 0.0536. The highest BCUT2D eigenvalue weighted by Crippen LogP contribution is 2.28. The molecule has 1 amide bonds. The Morgan fingerprint density at radius 3 is 2.58 bits per heavy atom. The fourth-order valence-electron chi connectivity index (χ4n) is 1.75. The van der Waals surface area contributed by atoms with Crippen LogP contribution in [0.25, 0.3) is 0 Å². The van der Waals surface area contributed by atoms with Crippen molar-refractivity contribution in [1.29, 1.82) is 0 Å². The van der Waals surface area contributed by atoms with Gasteiger partial charge in [0.25, 0.3) is 0 Å². The van der Waals surface area contributed by atoms with Crippen LogP contribution in [0.15, 0.2) is 41.7 Å². The first kappa shape index (κ1) is 18.5. The molecule has 128 valence electrons. The summed E-state index contributed by atoms with van der Waals surface area (Å²) < 4.78 is 37.6. The quantitative estimate of drug-likeness (QED) is 0.619. The molecule has 0 radical (unpaired) electrons. The molecule has 2 rings (SSSR count).